The van der Waals surface area contributed by atoms with E-state index in [9.17, 15) is 0 Å². The van der Waals surface area contributed by atoms with Crippen LogP contribution in [0.25, 0.3) is 0 Å². The van der Waals surface area contributed by atoms with Crippen LogP contribution in [0.1, 0.15) is 25.7 Å². The van der Waals surface area contributed by atoms with Gasteiger partial charge in [0.25, 0.3) is 0 Å². The fraction of sp³-hybridized carbons (Fsp3) is 1.00. The summed E-state index contributed by atoms with van der Waals surface area (Å²) in [6.07, 6.45) is 5.23. The summed E-state index contributed by atoms with van der Waals surface area (Å²) >= 11 is 0. The Morgan fingerprint density at radius 1 is 1.00 bits per heavy atom. The molecule has 0 aromatic rings. The van der Waals surface area contributed by atoms with Gasteiger partial charge in [-0.25, -0.2) is 0 Å². The van der Waals surface area contributed by atoms with Crippen LogP contribution in [-0.2, 0) is 0 Å². The molecule has 1 atom stereocenters. The molecule has 0 amide bonds. The van der Waals surface area contributed by atoms with Gasteiger partial charge in [-0.3, -0.25) is 9.80 Å². The first kappa shape index (κ1) is 13.3. The number of β-amino-alcohol motifs (C(OH)–C–C–N with tert-alkyl or cyclic N) is 1. The maximum atomic E-state index is 9.00. The number of nitrogens with one attached hydrogen (secondary N) is 1. The van der Waals surface area contributed by atoms with Gasteiger partial charge < -0.3 is 10.4 Å². The zero-order chi connectivity index (χ0) is 11.9. The number of aliphatic hydroxyl groups excluding tert-OH is 1. The molecule has 0 aromatic carbocycles. The van der Waals surface area contributed by atoms with Crippen molar-refractivity contribution >= 4 is 0 Å². The second kappa shape index (κ2) is 7.31. The fourth-order valence-electron chi connectivity index (χ4n) is 3.09. The summed E-state index contributed by atoms with van der Waals surface area (Å²) in [6, 6.07) is 0.791. The lowest BCUT2D eigenvalue weighted by Gasteiger charge is -2.29. The highest BCUT2D eigenvalue weighted by molar-refractivity contribution is 4.79. The van der Waals surface area contributed by atoms with E-state index in [4.69, 9.17) is 5.11 Å². The zero-order valence-electron chi connectivity index (χ0n) is 10.9. The Hall–Kier alpha value is -0.160. The van der Waals surface area contributed by atoms with Crippen LogP contribution in [0.15, 0.2) is 0 Å². The quantitative estimate of drug-likeness (QED) is 0.737. The highest BCUT2D eigenvalue weighted by atomic mass is 16.3. The van der Waals surface area contributed by atoms with E-state index in [1.165, 1.54) is 51.9 Å². The molecule has 2 saturated heterocycles. The summed E-state index contributed by atoms with van der Waals surface area (Å²) in [5.74, 6) is 0. The Bertz CT molecular complexity index is 205. The highest BCUT2D eigenvalue weighted by Crippen LogP contribution is 2.15. The van der Waals surface area contributed by atoms with Crippen molar-refractivity contribution in [2.75, 3.05) is 52.4 Å². The molecule has 2 heterocycles. The fourth-order valence-corrected chi connectivity index (χ4v) is 3.09. The van der Waals surface area contributed by atoms with E-state index in [-0.39, 0.29) is 0 Å². The first-order valence-corrected chi connectivity index (χ1v) is 7.18. The Morgan fingerprint density at radius 3 is 2.82 bits per heavy atom. The molecule has 2 rings (SSSR count). The zero-order valence-corrected chi connectivity index (χ0v) is 10.9. The summed E-state index contributed by atoms with van der Waals surface area (Å²) in [4.78, 5) is 5.08. The van der Waals surface area contributed by atoms with Gasteiger partial charge in [-0.15, -0.1) is 0 Å². The lowest BCUT2D eigenvalue weighted by molar-refractivity contribution is 0.172. The van der Waals surface area contributed by atoms with Crippen LogP contribution in [0.4, 0.5) is 0 Å². The van der Waals surface area contributed by atoms with E-state index >= 15 is 0 Å². The highest BCUT2D eigenvalue weighted by Gasteiger charge is 2.22. The number of hydrogen-bond acceptors (Lipinski definition) is 4. The van der Waals surface area contributed by atoms with E-state index in [0.29, 0.717) is 6.61 Å². The smallest absolute Gasteiger partial charge is 0.0558 e. The van der Waals surface area contributed by atoms with Crippen molar-refractivity contribution in [2.24, 2.45) is 0 Å². The van der Waals surface area contributed by atoms with E-state index < -0.39 is 0 Å². The molecule has 1 unspecified atom stereocenters. The monoisotopic (exact) mass is 241 g/mol. The summed E-state index contributed by atoms with van der Waals surface area (Å²) in [5.41, 5.74) is 0. The minimum absolute atomic E-state index is 0.299. The number of rotatable bonds is 3. The van der Waals surface area contributed by atoms with Crippen LogP contribution in [0, 0.1) is 0 Å². The van der Waals surface area contributed by atoms with E-state index in [0.717, 1.165) is 25.7 Å². The van der Waals surface area contributed by atoms with Crippen LogP contribution in [0.2, 0.25) is 0 Å². The molecule has 17 heavy (non-hydrogen) atoms. The summed E-state index contributed by atoms with van der Waals surface area (Å²) in [5, 5.41) is 12.5. The summed E-state index contributed by atoms with van der Waals surface area (Å²) in [6.45, 7) is 8.24. The van der Waals surface area contributed by atoms with Gasteiger partial charge in [0.15, 0.2) is 0 Å². The summed E-state index contributed by atoms with van der Waals surface area (Å²) in [7, 11) is 0. The second-order valence-electron chi connectivity index (χ2n) is 5.29. The third-order valence-electron chi connectivity index (χ3n) is 4.10. The minimum Gasteiger partial charge on any atom is -0.395 e. The van der Waals surface area contributed by atoms with Crippen LogP contribution in [0.3, 0.4) is 0 Å². The lowest BCUT2D eigenvalue weighted by atomic mass is 10.1. The van der Waals surface area contributed by atoms with Crippen molar-refractivity contribution in [3.63, 3.8) is 0 Å². The van der Waals surface area contributed by atoms with Gasteiger partial charge >= 0.3 is 0 Å². The van der Waals surface area contributed by atoms with Gasteiger partial charge in [-0.1, -0.05) is 0 Å². The molecule has 2 aliphatic rings. The number of hydrogen-bond donors (Lipinski definition) is 2. The van der Waals surface area contributed by atoms with Crippen molar-refractivity contribution in [3.05, 3.63) is 0 Å². The molecular weight excluding hydrogens is 214 g/mol. The van der Waals surface area contributed by atoms with Crippen LogP contribution < -0.4 is 5.32 Å². The van der Waals surface area contributed by atoms with Crippen LogP contribution >= 0.6 is 0 Å². The molecule has 4 heteroatoms. The number of aliphatic hydroxyl groups is 1. The number of nitrogens with zero attached hydrogens (tertiary/aromatic N) is 2. The molecular formula is C13H27N3O. The van der Waals surface area contributed by atoms with Gasteiger partial charge in [-0.2, -0.15) is 0 Å². The van der Waals surface area contributed by atoms with Crippen molar-refractivity contribution in [2.45, 2.75) is 31.7 Å². The first-order valence-electron chi connectivity index (χ1n) is 7.18. The predicted octanol–water partition coefficient (Wildman–Crippen LogP) is 0.129. The molecule has 2 N–H and O–H groups in total. The predicted molar refractivity (Wildman–Crippen MR) is 70.2 cm³/mol. The SMILES string of the molecule is OCCN1CCCN(C2CCCNCC2)CC1. The summed E-state index contributed by atoms with van der Waals surface area (Å²) < 4.78 is 0. The molecule has 4 nitrogen and oxygen atoms in total. The van der Waals surface area contributed by atoms with Crippen LogP contribution in [0.5, 0.6) is 0 Å². The standard InChI is InChI=1S/C13H27N3O/c17-12-11-15-7-2-8-16(10-9-15)13-3-1-5-14-6-4-13/h13-14,17H,1-12H2. The van der Waals surface area contributed by atoms with E-state index in [2.05, 4.69) is 15.1 Å². The third kappa shape index (κ3) is 4.21. The van der Waals surface area contributed by atoms with Crippen molar-refractivity contribution in [1.29, 1.82) is 0 Å². The molecule has 0 aliphatic carbocycles. The average molecular weight is 241 g/mol. The Balaban J connectivity index is 1.80. The molecule has 2 aliphatic heterocycles. The maximum Gasteiger partial charge on any atom is 0.0558 e. The van der Waals surface area contributed by atoms with E-state index in [1.54, 1.807) is 0 Å². The Morgan fingerprint density at radius 2 is 1.94 bits per heavy atom. The average Bonchev–Trinajstić information content (AvgIpc) is 2.71. The molecule has 0 spiro atoms. The van der Waals surface area contributed by atoms with Gasteiger partial charge in [0, 0.05) is 25.7 Å². The van der Waals surface area contributed by atoms with Crippen LogP contribution in [-0.4, -0.2) is 73.4 Å². The molecule has 0 aromatic heterocycles. The van der Waals surface area contributed by atoms with Crippen molar-refractivity contribution in [1.82, 2.24) is 15.1 Å². The van der Waals surface area contributed by atoms with Crippen molar-refractivity contribution < 1.29 is 5.11 Å². The maximum absolute atomic E-state index is 9.00. The molecule has 0 saturated carbocycles. The largest absolute Gasteiger partial charge is 0.395 e. The minimum atomic E-state index is 0.299. The second-order valence-corrected chi connectivity index (χ2v) is 5.29. The third-order valence-corrected chi connectivity index (χ3v) is 4.10. The van der Waals surface area contributed by atoms with Gasteiger partial charge in [0.05, 0.1) is 6.61 Å². The molecule has 0 radical (unpaired) electrons. The lowest BCUT2D eigenvalue weighted by Crippen LogP contribution is -2.39. The van der Waals surface area contributed by atoms with Gasteiger partial charge in [0.2, 0.25) is 0 Å². The molecule has 100 valence electrons. The first-order chi connectivity index (χ1) is 8.40. The van der Waals surface area contributed by atoms with Gasteiger partial charge in [0.1, 0.15) is 0 Å². The Kier molecular flexibility index (Phi) is 5.71. The topological polar surface area (TPSA) is 38.7 Å². The molecule has 2 fully saturated rings. The van der Waals surface area contributed by atoms with E-state index in [1.807, 2.05) is 0 Å². The normalized spacial score (nSPS) is 29.8. The van der Waals surface area contributed by atoms with Gasteiger partial charge in [-0.05, 0) is 51.9 Å². The Labute approximate surface area is 105 Å². The molecule has 0 bridgehead atoms. The van der Waals surface area contributed by atoms with Crippen molar-refractivity contribution in [3.8, 4) is 0 Å².